The fourth-order valence-electron chi connectivity index (χ4n) is 2.73. The number of aromatic nitrogens is 2. The summed E-state index contributed by atoms with van der Waals surface area (Å²) in [5, 5.41) is 4.71. The van der Waals surface area contributed by atoms with E-state index in [9.17, 15) is 22.4 Å². The molecule has 1 amide bonds. The molecule has 2 aromatic rings. The lowest BCUT2D eigenvalue weighted by Gasteiger charge is -2.22. The number of hydrogen-bond donors (Lipinski definition) is 2. The van der Waals surface area contributed by atoms with Gasteiger partial charge in [0.05, 0.1) is 11.2 Å². The van der Waals surface area contributed by atoms with Crippen LogP contribution < -0.4 is 15.4 Å². The third-order valence-corrected chi connectivity index (χ3v) is 4.57. The van der Waals surface area contributed by atoms with Crippen molar-refractivity contribution >= 4 is 29.3 Å². The van der Waals surface area contributed by atoms with E-state index in [1.807, 2.05) is 0 Å². The number of carbonyl (C=O) groups is 1. The molecule has 2 heterocycles. The highest BCUT2D eigenvalue weighted by atomic mass is 35.5. The molecular formula is C18H17ClF4N4O3. The van der Waals surface area contributed by atoms with Crippen molar-refractivity contribution in [1.29, 1.82) is 0 Å². The number of benzene rings is 1. The minimum atomic E-state index is -4.91. The zero-order valence-corrected chi connectivity index (χ0v) is 16.2. The van der Waals surface area contributed by atoms with E-state index in [2.05, 4.69) is 20.6 Å². The lowest BCUT2D eigenvalue weighted by molar-refractivity contribution is -0.142. The molecule has 0 saturated carbocycles. The molecule has 0 bridgehead atoms. The van der Waals surface area contributed by atoms with Crippen molar-refractivity contribution in [3.8, 4) is 5.75 Å². The standard InChI is InChI=1S/C18H17ClF4N4O3/c19-12-7-11(1-2-13(12)20)26-16-24-9-14(15(27-16)18(21,22)23)30-17(28)25-8-10-3-5-29-6-4-10/h1-2,7,9-10H,3-6,8H2,(H,25,28)(H,24,26,27). The largest absolute Gasteiger partial charge is 0.437 e. The summed E-state index contributed by atoms with van der Waals surface area (Å²) >= 11 is 5.65. The second-order valence-electron chi connectivity index (χ2n) is 6.48. The van der Waals surface area contributed by atoms with Crippen molar-refractivity contribution in [3.63, 3.8) is 0 Å². The van der Waals surface area contributed by atoms with Gasteiger partial charge < -0.3 is 20.1 Å². The van der Waals surface area contributed by atoms with E-state index in [-0.39, 0.29) is 23.2 Å². The molecule has 1 aromatic carbocycles. The minimum Gasteiger partial charge on any atom is -0.406 e. The number of anilines is 2. The van der Waals surface area contributed by atoms with Crippen molar-refractivity contribution in [2.75, 3.05) is 25.1 Å². The summed E-state index contributed by atoms with van der Waals surface area (Å²) < 4.78 is 63.4. The normalized spacial score (nSPS) is 15.0. The number of halogens is 5. The highest BCUT2D eigenvalue weighted by molar-refractivity contribution is 6.31. The summed E-state index contributed by atoms with van der Waals surface area (Å²) in [6.07, 6.45) is -3.73. The summed E-state index contributed by atoms with van der Waals surface area (Å²) in [5.74, 6) is -1.79. The average molecular weight is 449 g/mol. The minimum absolute atomic E-state index is 0.166. The van der Waals surface area contributed by atoms with E-state index in [1.54, 1.807) is 0 Å². The van der Waals surface area contributed by atoms with Crippen LogP contribution in [0.25, 0.3) is 0 Å². The van der Waals surface area contributed by atoms with E-state index in [0.29, 0.717) is 13.2 Å². The molecule has 1 saturated heterocycles. The SMILES string of the molecule is O=C(NCC1CCOCC1)Oc1cnc(Nc2ccc(F)c(Cl)c2)nc1C(F)(F)F. The lowest BCUT2D eigenvalue weighted by Crippen LogP contribution is -2.34. The van der Waals surface area contributed by atoms with Gasteiger partial charge in [0.2, 0.25) is 5.95 Å². The van der Waals surface area contributed by atoms with Crippen LogP contribution in [0.2, 0.25) is 5.02 Å². The Morgan fingerprint density at radius 2 is 2.03 bits per heavy atom. The van der Waals surface area contributed by atoms with E-state index >= 15 is 0 Å². The van der Waals surface area contributed by atoms with Crippen molar-refractivity contribution in [2.45, 2.75) is 19.0 Å². The maximum Gasteiger partial charge on any atom is 0.437 e. The first-order valence-corrected chi connectivity index (χ1v) is 9.30. The zero-order valence-electron chi connectivity index (χ0n) is 15.4. The van der Waals surface area contributed by atoms with Gasteiger partial charge >= 0.3 is 12.3 Å². The molecule has 1 aliphatic heterocycles. The van der Waals surface area contributed by atoms with Crippen molar-refractivity contribution in [3.05, 3.63) is 40.9 Å². The van der Waals surface area contributed by atoms with Gasteiger partial charge in [-0.2, -0.15) is 13.2 Å². The Balaban J connectivity index is 1.70. The molecule has 0 aliphatic carbocycles. The van der Waals surface area contributed by atoms with Gasteiger partial charge in [0.1, 0.15) is 5.82 Å². The lowest BCUT2D eigenvalue weighted by atomic mass is 10.0. The molecule has 0 atom stereocenters. The highest BCUT2D eigenvalue weighted by Crippen LogP contribution is 2.35. The molecule has 3 rings (SSSR count). The second-order valence-corrected chi connectivity index (χ2v) is 6.89. The first-order chi connectivity index (χ1) is 14.2. The van der Waals surface area contributed by atoms with Gasteiger partial charge in [-0.25, -0.2) is 19.2 Å². The quantitative estimate of drug-likeness (QED) is 0.653. The van der Waals surface area contributed by atoms with E-state index in [4.69, 9.17) is 21.1 Å². The Morgan fingerprint density at radius 1 is 1.30 bits per heavy atom. The number of carbonyl (C=O) groups excluding carboxylic acids is 1. The van der Waals surface area contributed by atoms with Gasteiger partial charge in [0, 0.05) is 25.4 Å². The summed E-state index contributed by atoms with van der Waals surface area (Å²) in [4.78, 5) is 19.0. The van der Waals surface area contributed by atoms with Gasteiger partial charge in [0.25, 0.3) is 0 Å². The third-order valence-electron chi connectivity index (χ3n) is 4.28. The van der Waals surface area contributed by atoms with Crippen LogP contribution in [0.4, 0.5) is 34.0 Å². The molecule has 162 valence electrons. The van der Waals surface area contributed by atoms with Gasteiger partial charge in [-0.3, -0.25) is 0 Å². The first-order valence-electron chi connectivity index (χ1n) is 8.92. The molecule has 0 radical (unpaired) electrons. The van der Waals surface area contributed by atoms with Crippen LogP contribution in [-0.2, 0) is 10.9 Å². The summed E-state index contributed by atoms with van der Waals surface area (Å²) in [5.41, 5.74) is -1.26. The summed E-state index contributed by atoms with van der Waals surface area (Å²) in [6.45, 7) is 1.40. The maximum absolute atomic E-state index is 13.4. The molecule has 1 fully saturated rings. The molecule has 0 spiro atoms. The van der Waals surface area contributed by atoms with Gasteiger partial charge in [-0.1, -0.05) is 11.6 Å². The molecule has 1 aliphatic rings. The molecule has 1 aromatic heterocycles. The third kappa shape index (κ3) is 5.92. The van der Waals surface area contributed by atoms with E-state index in [1.165, 1.54) is 12.1 Å². The van der Waals surface area contributed by atoms with Crippen LogP contribution in [0.1, 0.15) is 18.5 Å². The number of nitrogens with zero attached hydrogens (tertiary/aromatic N) is 2. The number of rotatable bonds is 5. The molecule has 12 heteroatoms. The fraction of sp³-hybridized carbons (Fsp3) is 0.389. The van der Waals surface area contributed by atoms with Crippen LogP contribution in [0, 0.1) is 11.7 Å². The molecule has 30 heavy (non-hydrogen) atoms. The fourth-order valence-corrected chi connectivity index (χ4v) is 2.91. The molecule has 2 N–H and O–H groups in total. The van der Waals surface area contributed by atoms with E-state index in [0.717, 1.165) is 25.1 Å². The van der Waals surface area contributed by atoms with Crippen LogP contribution in [0.5, 0.6) is 5.75 Å². The van der Waals surface area contributed by atoms with Crippen molar-refractivity contribution < 1.29 is 31.8 Å². The van der Waals surface area contributed by atoms with Crippen molar-refractivity contribution in [1.82, 2.24) is 15.3 Å². The summed E-state index contributed by atoms with van der Waals surface area (Å²) in [7, 11) is 0. The van der Waals surface area contributed by atoms with Crippen LogP contribution >= 0.6 is 11.6 Å². The topological polar surface area (TPSA) is 85.4 Å². The predicted molar refractivity (Wildman–Crippen MR) is 99.3 cm³/mol. The average Bonchev–Trinajstić information content (AvgIpc) is 2.70. The number of nitrogens with one attached hydrogen (secondary N) is 2. The highest BCUT2D eigenvalue weighted by Gasteiger charge is 2.38. The maximum atomic E-state index is 13.4. The number of ether oxygens (including phenoxy) is 2. The summed E-state index contributed by atoms with van der Waals surface area (Å²) in [6, 6.07) is 3.46. The Kier molecular flexibility index (Phi) is 6.93. The Labute approximate surface area is 173 Å². The molecule has 0 unspecified atom stereocenters. The number of alkyl halides is 3. The Hall–Kier alpha value is -2.66. The number of hydrogen-bond acceptors (Lipinski definition) is 6. The Morgan fingerprint density at radius 3 is 2.70 bits per heavy atom. The Bertz CT molecular complexity index is 907. The van der Waals surface area contributed by atoms with Crippen LogP contribution in [0.3, 0.4) is 0 Å². The van der Waals surface area contributed by atoms with Gasteiger partial charge in [-0.05, 0) is 37.0 Å². The van der Waals surface area contributed by atoms with Crippen LogP contribution in [0.15, 0.2) is 24.4 Å². The van der Waals surface area contributed by atoms with Gasteiger partial charge in [0.15, 0.2) is 11.4 Å². The van der Waals surface area contributed by atoms with Crippen LogP contribution in [-0.4, -0.2) is 35.8 Å². The second kappa shape index (κ2) is 9.43. The smallest absolute Gasteiger partial charge is 0.406 e. The predicted octanol–water partition coefficient (Wildman–Crippen LogP) is 4.55. The molecule has 7 nitrogen and oxygen atoms in total. The monoisotopic (exact) mass is 448 g/mol. The van der Waals surface area contributed by atoms with Crippen molar-refractivity contribution in [2.24, 2.45) is 5.92 Å². The zero-order chi connectivity index (χ0) is 21.7. The van der Waals surface area contributed by atoms with Gasteiger partial charge in [-0.15, -0.1) is 0 Å². The number of amides is 1. The van der Waals surface area contributed by atoms with E-state index < -0.39 is 35.5 Å². The first kappa shape index (κ1) is 22.0. The molecular weight excluding hydrogens is 432 g/mol.